The van der Waals surface area contributed by atoms with Gasteiger partial charge in [-0.2, -0.15) is 0 Å². The van der Waals surface area contributed by atoms with Crippen molar-refractivity contribution in [2.75, 3.05) is 33.3 Å². The SMILES string of the molecule is CCCCCCCCCCCCCCCCCC1=[N+](C)CCN1CCO.Cc1ccc(S(=O)(=O)[O-])cc1. The lowest BCUT2D eigenvalue weighted by molar-refractivity contribution is -0.487. The molecular formula is C30H54N2O4S. The van der Waals surface area contributed by atoms with E-state index >= 15 is 0 Å². The number of β-amino-alcohol motifs (C(OH)–C–C–N with tert-alkyl or cyclic N) is 1. The zero-order chi connectivity index (χ0) is 27.4. The molecule has 7 heteroatoms. The number of aryl methyl sites for hydroxylation is 1. The molecule has 0 unspecified atom stereocenters. The molecule has 0 fully saturated rings. The van der Waals surface area contributed by atoms with Crippen molar-refractivity contribution >= 4 is 16.0 Å². The third-order valence-corrected chi connectivity index (χ3v) is 8.04. The summed E-state index contributed by atoms with van der Waals surface area (Å²) in [6.45, 7) is 7.40. The highest BCUT2D eigenvalue weighted by atomic mass is 32.2. The molecule has 214 valence electrons. The lowest BCUT2D eigenvalue weighted by atomic mass is 10.0. The number of aliphatic hydroxyl groups excluding tert-OH is 1. The third-order valence-electron chi connectivity index (χ3n) is 7.19. The molecular weight excluding hydrogens is 484 g/mol. The number of hydrogen-bond acceptors (Lipinski definition) is 5. The Hall–Kier alpha value is -1.44. The van der Waals surface area contributed by atoms with Gasteiger partial charge in [-0.1, -0.05) is 115 Å². The van der Waals surface area contributed by atoms with Crippen LogP contribution < -0.4 is 0 Å². The van der Waals surface area contributed by atoms with Gasteiger partial charge in [0.15, 0.2) is 0 Å². The van der Waals surface area contributed by atoms with Crippen LogP contribution in [0.1, 0.15) is 115 Å². The largest absolute Gasteiger partial charge is 0.744 e. The Balaban J connectivity index is 0.000000516. The molecule has 0 saturated carbocycles. The molecule has 0 bridgehead atoms. The van der Waals surface area contributed by atoms with Crippen LogP contribution in [0.3, 0.4) is 0 Å². The van der Waals surface area contributed by atoms with E-state index in [0.29, 0.717) is 0 Å². The summed E-state index contributed by atoms with van der Waals surface area (Å²) in [6, 6.07) is 5.78. The fourth-order valence-electron chi connectivity index (χ4n) is 4.84. The molecule has 6 nitrogen and oxygen atoms in total. The summed E-state index contributed by atoms with van der Waals surface area (Å²) in [5, 5.41) is 9.16. The van der Waals surface area contributed by atoms with E-state index in [4.69, 9.17) is 5.11 Å². The first kappa shape index (κ1) is 33.6. The van der Waals surface area contributed by atoms with Crippen molar-refractivity contribution in [1.82, 2.24) is 4.90 Å². The van der Waals surface area contributed by atoms with E-state index in [1.54, 1.807) is 12.1 Å². The second-order valence-corrected chi connectivity index (χ2v) is 11.9. The molecule has 0 aromatic heterocycles. The van der Waals surface area contributed by atoms with E-state index in [-0.39, 0.29) is 11.5 Å². The van der Waals surface area contributed by atoms with Crippen molar-refractivity contribution in [3.63, 3.8) is 0 Å². The molecule has 0 radical (unpaired) electrons. The Morgan fingerprint density at radius 2 is 1.30 bits per heavy atom. The van der Waals surface area contributed by atoms with Gasteiger partial charge < -0.3 is 9.66 Å². The average molecular weight is 539 g/mol. The lowest BCUT2D eigenvalue weighted by Crippen LogP contribution is -2.31. The summed E-state index contributed by atoms with van der Waals surface area (Å²) >= 11 is 0. The lowest BCUT2D eigenvalue weighted by Gasteiger charge is -2.11. The minimum absolute atomic E-state index is 0.178. The standard InChI is InChI=1S/C23H47N2O.C7H8O3S/c1-3-4-5-6-7-8-9-10-11-12-13-14-15-16-17-18-23-24(2)19-20-25(23)21-22-26;1-6-2-4-7(5-3-6)11(8,9)10/h26H,3-22H2,1-2H3;2-5H,1H3,(H,8,9,10)/q+1;/p-1. The monoisotopic (exact) mass is 538 g/mol. The van der Waals surface area contributed by atoms with Gasteiger partial charge in [0.1, 0.15) is 29.8 Å². The Bertz CT molecular complexity index is 838. The van der Waals surface area contributed by atoms with Crippen LogP contribution in [-0.2, 0) is 10.1 Å². The van der Waals surface area contributed by atoms with Gasteiger partial charge in [0.25, 0.3) is 0 Å². The maximum atomic E-state index is 10.4. The van der Waals surface area contributed by atoms with Gasteiger partial charge in [0.05, 0.1) is 18.6 Å². The highest BCUT2D eigenvalue weighted by Crippen LogP contribution is 2.15. The maximum Gasteiger partial charge on any atom is 0.246 e. The second-order valence-electron chi connectivity index (χ2n) is 10.5. The summed E-state index contributed by atoms with van der Waals surface area (Å²) in [5.41, 5.74) is 0.928. The molecule has 0 amide bonds. The first-order valence-corrected chi connectivity index (χ1v) is 16.2. The van der Waals surface area contributed by atoms with Gasteiger partial charge in [-0.05, 0) is 25.5 Å². The van der Waals surface area contributed by atoms with Crippen LogP contribution in [-0.4, -0.2) is 66.7 Å². The summed E-state index contributed by atoms with van der Waals surface area (Å²) in [4.78, 5) is 2.19. The minimum atomic E-state index is -4.27. The Kier molecular flexibility index (Phi) is 18.6. The van der Waals surface area contributed by atoms with Gasteiger partial charge in [0, 0.05) is 6.42 Å². The minimum Gasteiger partial charge on any atom is -0.744 e. The van der Waals surface area contributed by atoms with Crippen LogP contribution >= 0.6 is 0 Å². The van der Waals surface area contributed by atoms with Crippen LogP contribution in [0, 0.1) is 6.92 Å². The highest BCUT2D eigenvalue weighted by Gasteiger charge is 2.26. The number of nitrogens with zero attached hydrogens (tertiary/aromatic N) is 2. The Morgan fingerprint density at radius 1 is 0.838 bits per heavy atom. The summed E-state index contributed by atoms with van der Waals surface area (Å²) in [5.74, 6) is 1.45. The van der Waals surface area contributed by atoms with Crippen molar-refractivity contribution in [3.8, 4) is 0 Å². The van der Waals surface area contributed by atoms with Crippen molar-refractivity contribution in [2.45, 2.75) is 121 Å². The van der Waals surface area contributed by atoms with Gasteiger partial charge in [-0.25, -0.2) is 8.42 Å². The topological polar surface area (TPSA) is 83.7 Å². The predicted octanol–water partition coefficient (Wildman–Crippen LogP) is 6.50. The molecule has 0 spiro atoms. The number of hydrogen-bond donors (Lipinski definition) is 1. The maximum absolute atomic E-state index is 10.4. The number of amidine groups is 1. The molecule has 1 aromatic carbocycles. The summed E-state index contributed by atoms with van der Waals surface area (Å²) < 4.78 is 33.5. The molecule has 0 atom stereocenters. The summed E-state index contributed by atoms with van der Waals surface area (Å²) in [7, 11) is -2.08. The first-order valence-electron chi connectivity index (χ1n) is 14.7. The normalized spacial score (nSPS) is 13.7. The molecule has 37 heavy (non-hydrogen) atoms. The van der Waals surface area contributed by atoms with Crippen LogP contribution in [0.25, 0.3) is 0 Å². The van der Waals surface area contributed by atoms with Gasteiger partial charge in [-0.3, -0.25) is 9.48 Å². The molecule has 1 aromatic rings. The molecule has 0 saturated heterocycles. The van der Waals surface area contributed by atoms with Crippen LogP contribution in [0.15, 0.2) is 29.2 Å². The Morgan fingerprint density at radius 3 is 1.73 bits per heavy atom. The number of benzene rings is 1. The van der Waals surface area contributed by atoms with Gasteiger partial charge in [0.2, 0.25) is 5.84 Å². The van der Waals surface area contributed by atoms with Crippen LogP contribution in [0.5, 0.6) is 0 Å². The fraction of sp³-hybridized carbons (Fsp3) is 0.767. The van der Waals surface area contributed by atoms with E-state index in [9.17, 15) is 13.0 Å². The van der Waals surface area contributed by atoms with Crippen LogP contribution in [0.4, 0.5) is 0 Å². The van der Waals surface area contributed by atoms with E-state index in [1.165, 1.54) is 121 Å². The van der Waals surface area contributed by atoms with E-state index in [1.807, 2.05) is 6.92 Å². The number of unbranched alkanes of at least 4 members (excludes halogenated alkanes) is 14. The molecule has 1 aliphatic rings. The second kappa shape index (κ2) is 20.5. The number of aliphatic hydroxyl groups is 1. The van der Waals surface area contributed by atoms with Crippen molar-refractivity contribution in [3.05, 3.63) is 29.8 Å². The zero-order valence-corrected chi connectivity index (χ0v) is 24.7. The van der Waals surface area contributed by atoms with E-state index in [0.717, 1.165) is 25.2 Å². The molecule has 0 aliphatic carbocycles. The van der Waals surface area contributed by atoms with Crippen molar-refractivity contribution < 1.29 is 22.7 Å². The number of likely N-dealkylation sites (N-methyl/N-ethyl adjacent to an activating group) is 1. The highest BCUT2D eigenvalue weighted by molar-refractivity contribution is 7.85. The quantitative estimate of drug-likeness (QED) is 0.124. The third kappa shape index (κ3) is 16.2. The Labute approximate surface area is 227 Å². The average Bonchev–Trinajstić information content (AvgIpc) is 3.21. The van der Waals surface area contributed by atoms with E-state index < -0.39 is 10.1 Å². The first-order chi connectivity index (χ1) is 17.8. The van der Waals surface area contributed by atoms with Gasteiger partial charge in [-0.15, -0.1) is 0 Å². The smallest absolute Gasteiger partial charge is 0.246 e. The number of rotatable bonds is 19. The van der Waals surface area contributed by atoms with Crippen molar-refractivity contribution in [2.24, 2.45) is 0 Å². The zero-order valence-electron chi connectivity index (χ0n) is 23.9. The van der Waals surface area contributed by atoms with Crippen LogP contribution in [0.2, 0.25) is 0 Å². The fourth-order valence-corrected chi connectivity index (χ4v) is 5.31. The summed E-state index contributed by atoms with van der Waals surface area (Å²) in [6.07, 6.45) is 22.5. The van der Waals surface area contributed by atoms with Crippen molar-refractivity contribution in [1.29, 1.82) is 0 Å². The predicted molar refractivity (Wildman–Crippen MR) is 153 cm³/mol. The van der Waals surface area contributed by atoms with E-state index in [2.05, 4.69) is 23.4 Å². The molecule has 1 aliphatic heterocycles. The molecule has 1 heterocycles. The van der Waals surface area contributed by atoms with Gasteiger partial charge >= 0.3 is 0 Å². The molecule has 2 rings (SSSR count). The molecule has 1 N–H and O–H groups in total.